The maximum Gasteiger partial charge on any atom is 0.266 e. The monoisotopic (exact) mass is 464 g/mol. The topological polar surface area (TPSA) is 106 Å². The Labute approximate surface area is 195 Å². The molecule has 9 heteroatoms. The highest BCUT2D eigenvalue weighted by Crippen LogP contribution is 2.39. The Morgan fingerprint density at radius 2 is 1.97 bits per heavy atom. The number of carbonyl (C=O) groups excluding carboxylic acids is 1. The third-order valence-electron chi connectivity index (χ3n) is 5.73. The van der Waals surface area contributed by atoms with Crippen LogP contribution in [0, 0.1) is 17.2 Å². The highest BCUT2D eigenvalue weighted by atomic mass is 32.2. The summed E-state index contributed by atoms with van der Waals surface area (Å²) < 4.78 is 12.2. The highest BCUT2D eigenvalue weighted by Gasteiger charge is 2.43. The molecule has 1 atom stereocenters. The van der Waals surface area contributed by atoms with Crippen molar-refractivity contribution in [2.45, 2.75) is 30.5 Å². The van der Waals surface area contributed by atoms with Gasteiger partial charge in [0.25, 0.3) is 5.56 Å². The third-order valence-corrected chi connectivity index (χ3v) is 6.67. The van der Waals surface area contributed by atoms with Crippen molar-refractivity contribution in [3.05, 3.63) is 52.8 Å². The Morgan fingerprint density at radius 1 is 1.24 bits per heavy atom. The van der Waals surface area contributed by atoms with Gasteiger partial charge in [0, 0.05) is 6.07 Å². The number of amides is 1. The number of aromatic nitrogens is 2. The molecule has 2 aromatic carbocycles. The molecule has 1 heterocycles. The van der Waals surface area contributed by atoms with Crippen molar-refractivity contribution in [2.24, 2.45) is 5.92 Å². The lowest BCUT2D eigenvalue weighted by atomic mass is 9.98. The smallest absolute Gasteiger partial charge is 0.266 e. The zero-order valence-corrected chi connectivity index (χ0v) is 19.4. The Balaban J connectivity index is 1.71. The van der Waals surface area contributed by atoms with Crippen molar-refractivity contribution in [3.63, 3.8) is 0 Å². The van der Waals surface area contributed by atoms with E-state index in [0.717, 1.165) is 24.6 Å². The largest absolute Gasteiger partial charge is 0.493 e. The zero-order valence-electron chi connectivity index (χ0n) is 18.6. The third kappa shape index (κ3) is 4.52. The van der Waals surface area contributed by atoms with E-state index in [0.29, 0.717) is 33.2 Å². The molecule has 1 saturated carbocycles. The molecule has 1 fully saturated rings. The molecule has 4 rings (SSSR count). The van der Waals surface area contributed by atoms with Crippen LogP contribution in [-0.4, -0.2) is 41.0 Å². The van der Waals surface area contributed by atoms with Gasteiger partial charge in [-0.3, -0.25) is 14.2 Å². The molecule has 0 saturated heterocycles. The Hall–Kier alpha value is -3.51. The first kappa shape index (κ1) is 22.7. The number of nitrogens with zero attached hydrogens (tertiary/aromatic N) is 3. The van der Waals surface area contributed by atoms with Crippen LogP contribution in [0.5, 0.6) is 11.5 Å². The van der Waals surface area contributed by atoms with E-state index >= 15 is 0 Å². The molecular weight excluding hydrogens is 440 g/mol. The van der Waals surface area contributed by atoms with E-state index in [9.17, 15) is 14.9 Å². The van der Waals surface area contributed by atoms with Crippen molar-refractivity contribution < 1.29 is 14.3 Å². The first-order chi connectivity index (χ1) is 15.9. The minimum Gasteiger partial charge on any atom is -0.493 e. The highest BCUT2D eigenvalue weighted by molar-refractivity contribution is 7.99. The molecule has 0 spiro atoms. The Morgan fingerprint density at radius 3 is 2.64 bits per heavy atom. The van der Waals surface area contributed by atoms with Crippen LogP contribution >= 0.6 is 11.8 Å². The standard InChI is InChI=1S/C24H24N4O4S/c1-24(14-25,15-8-9-15)27-21(29)13-33-23-26-18-7-5-4-6-17(18)22(30)28(23)16-10-11-19(31-2)20(12-16)32-3/h4-7,10-12,15H,8-9,13H2,1-3H3,(H,27,29)/t24-/m0/s1. The number of rotatable bonds is 8. The van der Waals surface area contributed by atoms with Crippen LogP contribution in [0.3, 0.4) is 0 Å². The minimum absolute atomic E-state index is 0.0159. The summed E-state index contributed by atoms with van der Waals surface area (Å²) in [5.41, 5.74) is -0.0477. The average Bonchev–Trinajstić information content (AvgIpc) is 3.68. The SMILES string of the molecule is COc1ccc(-n2c(SCC(=O)N[C@@](C)(C#N)C3CC3)nc3ccccc3c2=O)cc1OC. The molecule has 170 valence electrons. The molecule has 8 nitrogen and oxygen atoms in total. The maximum absolute atomic E-state index is 13.4. The minimum atomic E-state index is -0.878. The van der Waals surface area contributed by atoms with Gasteiger partial charge in [-0.1, -0.05) is 23.9 Å². The van der Waals surface area contributed by atoms with Gasteiger partial charge in [-0.15, -0.1) is 0 Å². The van der Waals surface area contributed by atoms with Gasteiger partial charge in [0.1, 0.15) is 5.54 Å². The van der Waals surface area contributed by atoms with E-state index in [2.05, 4.69) is 16.4 Å². The van der Waals surface area contributed by atoms with E-state index in [-0.39, 0.29) is 23.1 Å². The van der Waals surface area contributed by atoms with Crippen LogP contribution < -0.4 is 20.3 Å². The van der Waals surface area contributed by atoms with Crippen molar-refractivity contribution in [1.82, 2.24) is 14.9 Å². The summed E-state index contributed by atoms with van der Waals surface area (Å²) in [5.74, 6) is 0.921. The number of hydrogen-bond acceptors (Lipinski definition) is 7. The van der Waals surface area contributed by atoms with Crippen molar-refractivity contribution in [2.75, 3.05) is 20.0 Å². The van der Waals surface area contributed by atoms with Crippen molar-refractivity contribution in [1.29, 1.82) is 5.26 Å². The summed E-state index contributed by atoms with van der Waals surface area (Å²) in [6.07, 6.45) is 1.87. The number of benzene rings is 2. The molecule has 0 aliphatic heterocycles. The van der Waals surface area contributed by atoms with Crippen LogP contribution in [-0.2, 0) is 4.79 Å². The van der Waals surface area contributed by atoms with Gasteiger partial charge in [-0.25, -0.2) is 4.98 Å². The maximum atomic E-state index is 13.4. The number of thioether (sulfide) groups is 1. The molecule has 1 N–H and O–H groups in total. The van der Waals surface area contributed by atoms with Crippen molar-refractivity contribution >= 4 is 28.6 Å². The number of ether oxygens (including phenoxy) is 2. The second kappa shape index (κ2) is 9.16. The van der Waals surface area contributed by atoms with E-state index in [1.54, 1.807) is 43.3 Å². The van der Waals surface area contributed by atoms with E-state index in [1.807, 2.05) is 6.07 Å². The van der Waals surface area contributed by atoms with Crippen LogP contribution in [0.1, 0.15) is 19.8 Å². The van der Waals surface area contributed by atoms with Gasteiger partial charge in [0.15, 0.2) is 16.7 Å². The van der Waals surface area contributed by atoms with Gasteiger partial charge in [-0.2, -0.15) is 5.26 Å². The number of nitriles is 1. The molecule has 0 bridgehead atoms. The molecule has 1 amide bonds. The molecular formula is C24H24N4O4S. The second-order valence-corrected chi connectivity index (χ2v) is 8.96. The lowest BCUT2D eigenvalue weighted by Crippen LogP contribution is -2.47. The van der Waals surface area contributed by atoms with Crippen LogP contribution in [0.2, 0.25) is 0 Å². The van der Waals surface area contributed by atoms with Gasteiger partial charge >= 0.3 is 0 Å². The first-order valence-electron chi connectivity index (χ1n) is 10.5. The number of fused-ring (bicyclic) bond motifs is 1. The molecule has 1 aliphatic carbocycles. The summed E-state index contributed by atoms with van der Waals surface area (Å²) in [6, 6.07) is 14.4. The first-order valence-corrected chi connectivity index (χ1v) is 11.5. The summed E-state index contributed by atoms with van der Waals surface area (Å²) in [4.78, 5) is 30.7. The van der Waals surface area contributed by atoms with Crippen LogP contribution in [0.4, 0.5) is 0 Å². The number of nitrogens with one attached hydrogen (secondary N) is 1. The normalized spacial score (nSPS) is 14.8. The van der Waals surface area contributed by atoms with E-state index in [4.69, 9.17) is 9.47 Å². The van der Waals surface area contributed by atoms with Gasteiger partial charge in [-0.05, 0) is 49.9 Å². The number of carbonyl (C=O) groups is 1. The predicted molar refractivity (Wildman–Crippen MR) is 126 cm³/mol. The van der Waals surface area contributed by atoms with Gasteiger partial charge < -0.3 is 14.8 Å². The zero-order chi connectivity index (χ0) is 23.6. The Kier molecular flexibility index (Phi) is 6.29. The van der Waals surface area contributed by atoms with Crippen LogP contribution in [0.15, 0.2) is 52.4 Å². The number of para-hydroxylation sites is 1. The van der Waals surface area contributed by atoms with Crippen molar-refractivity contribution in [3.8, 4) is 23.3 Å². The van der Waals surface area contributed by atoms with E-state index in [1.165, 1.54) is 18.8 Å². The summed E-state index contributed by atoms with van der Waals surface area (Å²) >= 11 is 1.14. The molecule has 1 aliphatic rings. The lowest BCUT2D eigenvalue weighted by Gasteiger charge is -2.22. The molecule has 1 aromatic heterocycles. The predicted octanol–water partition coefficient (Wildman–Crippen LogP) is 3.30. The van der Waals surface area contributed by atoms with E-state index < -0.39 is 5.54 Å². The van der Waals surface area contributed by atoms with Crippen LogP contribution in [0.25, 0.3) is 16.6 Å². The summed E-state index contributed by atoms with van der Waals surface area (Å²) in [7, 11) is 3.06. The molecule has 0 radical (unpaired) electrons. The summed E-state index contributed by atoms with van der Waals surface area (Å²) in [5, 5.41) is 13.2. The average molecular weight is 465 g/mol. The van der Waals surface area contributed by atoms with Gasteiger partial charge in [0.2, 0.25) is 5.91 Å². The fourth-order valence-electron chi connectivity index (χ4n) is 3.74. The number of methoxy groups -OCH3 is 2. The second-order valence-electron chi connectivity index (χ2n) is 8.02. The lowest BCUT2D eigenvalue weighted by molar-refractivity contribution is -0.119. The molecule has 33 heavy (non-hydrogen) atoms. The molecule has 0 unspecified atom stereocenters. The fraction of sp³-hybridized carbons (Fsp3) is 0.333. The fourth-order valence-corrected chi connectivity index (χ4v) is 4.55. The Bertz CT molecular complexity index is 1310. The molecule has 3 aromatic rings. The summed E-state index contributed by atoms with van der Waals surface area (Å²) in [6.45, 7) is 1.75. The quantitative estimate of drug-likeness (QED) is 0.403. The van der Waals surface area contributed by atoms with Gasteiger partial charge in [0.05, 0.1) is 42.6 Å². The number of hydrogen-bond donors (Lipinski definition) is 1.